The number of hydrogen-bond donors (Lipinski definition) is 1. The van der Waals surface area contributed by atoms with Crippen molar-refractivity contribution in [2.45, 2.75) is 12.8 Å². The van der Waals surface area contributed by atoms with Crippen LogP contribution in [0.25, 0.3) is 0 Å². The number of carbonyl (C=O) groups is 1. The number of fused-ring (bicyclic) bond motifs is 1. The van der Waals surface area contributed by atoms with E-state index >= 15 is 0 Å². The van der Waals surface area contributed by atoms with E-state index in [1.807, 2.05) is 17.0 Å². The van der Waals surface area contributed by atoms with Gasteiger partial charge in [0.15, 0.2) is 11.5 Å². The Kier molecular flexibility index (Phi) is 4.48. The lowest BCUT2D eigenvalue weighted by molar-refractivity contribution is 0.0758. The summed E-state index contributed by atoms with van der Waals surface area (Å²) >= 11 is 5.89. The van der Waals surface area contributed by atoms with E-state index in [0.29, 0.717) is 23.8 Å². The van der Waals surface area contributed by atoms with Gasteiger partial charge in [-0.25, -0.2) is 0 Å². The summed E-state index contributed by atoms with van der Waals surface area (Å²) in [5.74, 6) is 1.42. The molecule has 23 heavy (non-hydrogen) atoms. The average molecular weight is 335 g/mol. The molecule has 5 nitrogen and oxygen atoms in total. The topological polar surface area (TPSA) is 54.6 Å². The molecule has 0 fully saturated rings. The van der Waals surface area contributed by atoms with Gasteiger partial charge in [-0.05, 0) is 42.2 Å². The fourth-order valence-corrected chi connectivity index (χ4v) is 3.08. The number of H-pyrrole nitrogens is 1. The first kappa shape index (κ1) is 15.7. The molecule has 2 aromatic rings. The number of hydrogen-bond acceptors (Lipinski definition) is 3. The Bertz CT molecular complexity index is 692. The van der Waals surface area contributed by atoms with Crippen molar-refractivity contribution in [1.29, 1.82) is 0 Å². The number of nitrogens with one attached hydrogen (secondary N) is 1. The lowest BCUT2D eigenvalue weighted by atomic mass is 10.0. The molecule has 0 radical (unpaired) electrons. The Hall–Kier alpha value is -2.14. The number of nitrogens with zero attached hydrogens (tertiary/aromatic N) is 1. The van der Waals surface area contributed by atoms with Gasteiger partial charge >= 0.3 is 0 Å². The van der Waals surface area contributed by atoms with Gasteiger partial charge in [-0.15, -0.1) is 0 Å². The van der Waals surface area contributed by atoms with Crippen LogP contribution >= 0.6 is 11.6 Å². The smallest absolute Gasteiger partial charge is 0.270 e. The van der Waals surface area contributed by atoms with Gasteiger partial charge in [0.25, 0.3) is 5.91 Å². The molecule has 2 heterocycles. The van der Waals surface area contributed by atoms with Gasteiger partial charge in [-0.3, -0.25) is 4.79 Å². The maximum atomic E-state index is 12.5. The fraction of sp³-hybridized carbons (Fsp3) is 0.353. The standard InChI is InChI=1S/C17H19ClN2O3/c1-22-15-7-11-3-5-20(6-4-12(11)8-16(15)23-2)17(21)14-9-13(18)10-19-14/h7-10,19H,3-6H2,1-2H3. The molecule has 0 bridgehead atoms. The minimum Gasteiger partial charge on any atom is -0.493 e. The van der Waals surface area contributed by atoms with Crippen molar-refractivity contribution in [2.75, 3.05) is 27.3 Å². The predicted molar refractivity (Wildman–Crippen MR) is 88.7 cm³/mol. The predicted octanol–water partition coefficient (Wildman–Crippen LogP) is 2.93. The molecule has 0 atom stereocenters. The quantitative estimate of drug-likeness (QED) is 0.939. The van der Waals surface area contributed by atoms with Crippen molar-refractivity contribution in [3.63, 3.8) is 0 Å². The normalized spacial score (nSPS) is 14.1. The molecule has 0 aliphatic carbocycles. The zero-order valence-electron chi connectivity index (χ0n) is 13.2. The molecule has 1 aliphatic rings. The highest BCUT2D eigenvalue weighted by Gasteiger charge is 2.22. The van der Waals surface area contributed by atoms with Crippen LogP contribution < -0.4 is 9.47 Å². The Morgan fingerprint density at radius 1 is 1.09 bits per heavy atom. The van der Waals surface area contributed by atoms with Gasteiger partial charge in [0.1, 0.15) is 5.69 Å². The van der Waals surface area contributed by atoms with Crippen molar-refractivity contribution in [3.05, 3.63) is 46.2 Å². The zero-order valence-corrected chi connectivity index (χ0v) is 13.9. The van der Waals surface area contributed by atoms with Crippen LogP contribution in [-0.2, 0) is 12.8 Å². The second kappa shape index (κ2) is 6.54. The van der Waals surface area contributed by atoms with E-state index in [4.69, 9.17) is 21.1 Å². The summed E-state index contributed by atoms with van der Waals surface area (Å²) in [6.45, 7) is 1.33. The van der Waals surface area contributed by atoms with Gasteiger partial charge < -0.3 is 19.4 Å². The van der Waals surface area contributed by atoms with Gasteiger partial charge in [-0.2, -0.15) is 0 Å². The van der Waals surface area contributed by atoms with Crippen LogP contribution in [0.2, 0.25) is 5.02 Å². The molecule has 0 unspecified atom stereocenters. The average Bonchev–Trinajstić information content (AvgIpc) is 2.89. The van der Waals surface area contributed by atoms with Gasteiger partial charge in [0.2, 0.25) is 0 Å². The number of methoxy groups -OCH3 is 2. The number of carbonyl (C=O) groups excluding carboxylic acids is 1. The molecule has 0 spiro atoms. The van der Waals surface area contributed by atoms with E-state index in [1.54, 1.807) is 26.5 Å². The van der Waals surface area contributed by atoms with Gasteiger partial charge in [0.05, 0.1) is 19.2 Å². The first-order chi connectivity index (χ1) is 11.1. The largest absolute Gasteiger partial charge is 0.493 e. The third kappa shape index (κ3) is 3.15. The summed E-state index contributed by atoms with van der Waals surface area (Å²) in [4.78, 5) is 17.3. The van der Waals surface area contributed by atoms with Crippen LogP contribution in [0.3, 0.4) is 0 Å². The number of benzene rings is 1. The minimum atomic E-state index is -0.0244. The Balaban J connectivity index is 1.81. The fourth-order valence-electron chi connectivity index (χ4n) is 2.92. The summed E-state index contributed by atoms with van der Waals surface area (Å²) in [7, 11) is 3.26. The molecule has 1 N–H and O–H groups in total. The molecule has 0 saturated heterocycles. The van der Waals surface area contributed by atoms with Crippen LogP contribution in [0.15, 0.2) is 24.4 Å². The number of ether oxygens (including phenoxy) is 2. The minimum absolute atomic E-state index is 0.0244. The van der Waals surface area contributed by atoms with Crippen LogP contribution in [-0.4, -0.2) is 43.1 Å². The van der Waals surface area contributed by atoms with E-state index in [9.17, 15) is 4.79 Å². The molecule has 0 saturated carbocycles. The number of aromatic nitrogens is 1. The van der Waals surface area contributed by atoms with E-state index in [-0.39, 0.29) is 5.91 Å². The lowest BCUT2D eigenvalue weighted by Gasteiger charge is -2.19. The first-order valence-electron chi connectivity index (χ1n) is 7.49. The van der Waals surface area contributed by atoms with Crippen molar-refractivity contribution < 1.29 is 14.3 Å². The molecular weight excluding hydrogens is 316 g/mol. The first-order valence-corrected chi connectivity index (χ1v) is 7.87. The Morgan fingerprint density at radius 2 is 1.65 bits per heavy atom. The molecular formula is C17H19ClN2O3. The molecule has 1 aliphatic heterocycles. The molecule has 6 heteroatoms. The van der Waals surface area contributed by atoms with E-state index < -0.39 is 0 Å². The highest BCUT2D eigenvalue weighted by molar-refractivity contribution is 6.30. The monoisotopic (exact) mass is 334 g/mol. The van der Waals surface area contributed by atoms with Crippen LogP contribution in [0.5, 0.6) is 11.5 Å². The maximum absolute atomic E-state index is 12.5. The molecule has 3 rings (SSSR count). The van der Waals surface area contributed by atoms with Crippen molar-refractivity contribution in [1.82, 2.24) is 9.88 Å². The van der Waals surface area contributed by atoms with Gasteiger partial charge in [-0.1, -0.05) is 11.6 Å². The summed E-state index contributed by atoms with van der Waals surface area (Å²) in [6.07, 6.45) is 3.20. The SMILES string of the molecule is COc1cc2c(cc1OC)CCN(C(=O)c1cc(Cl)c[nH]1)CC2. The summed E-state index contributed by atoms with van der Waals surface area (Å²) < 4.78 is 10.7. The molecule has 122 valence electrons. The van der Waals surface area contributed by atoms with Gasteiger partial charge in [0, 0.05) is 19.3 Å². The highest BCUT2D eigenvalue weighted by atomic mass is 35.5. The van der Waals surface area contributed by atoms with Crippen molar-refractivity contribution >= 4 is 17.5 Å². The third-order valence-electron chi connectivity index (χ3n) is 4.17. The van der Waals surface area contributed by atoms with Crippen molar-refractivity contribution in [2.24, 2.45) is 0 Å². The summed E-state index contributed by atoms with van der Waals surface area (Å²) in [6, 6.07) is 5.68. The van der Waals surface area contributed by atoms with E-state index in [0.717, 1.165) is 24.3 Å². The summed E-state index contributed by atoms with van der Waals surface area (Å²) in [5.41, 5.74) is 2.92. The number of aromatic amines is 1. The Labute approximate surface area is 140 Å². The molecule has 1 aromatic carbocycles. The highest BCUT2D eigenvalue weighted by Crippen LogP contribution is 2.32. The van der Waals surface area contributed by atoms with E-state index in [1.165, 1.54) is 11.1 Å². The summed E-state index contributed by atoms with van der Waals surface area (Å²) in [5, 5.41) is 0.543. The van der Waals surface area contributed by atoms with E-state index in [2.05, 4.69) is 4.98 Å². The second-order valence-corrected chi connectivity index (χ2v) is 5.94. The lowest BCUT2D eigenvalue weighted by Crippen LogP contribution is -2.33. The maximum Gasteiger partial charge on any atom is 0.270 e. The van der Waals surface area contributed by atoms with Crippen molar-refractivity contribution in [3.8, 4) is 11.5 Å². The zero-order chi connectivity index (χ0) is 16.4. The molecule has 1 aromatic heterocycles. The van der Waals surface area contributed by atoms with Crippen LogP contribution in [0.4, 0.5) is 0 Å². The molecule has 1 amide bonds. The number of halogens is 1. The second-order valence-electron chi connectivity index (χ2n) is 5.50. The third-order valence-corrected chi connectivity index (χ3v) is 4.39. The van der Waals surface area contributed by atoms with Crippen LogP contribution in [0.1, 0.15) is 21.6 Å². The van der Waals surface area contributed by atoms with Crippen LogP contribution in [0, 0.1) is 0 Å². The number of rotatable bonds is 3. The Morgan fingerprint density at radius 3 is 2.09 bits per heavy atom. The number of amides is 1.